The van der Waals surface area contributed by atoms with Crippen LogP contribution in [0.5, 0.6) is 0 Å². The third kappa shape index (κ3) is 3.70. The number of thiophene rings is 1. The first-order chi connectivity index (χ1) is 8.33. The van der Waals surface area contributed by atoms with Gasteiger partial charge in [0, 0.05) is 17.8 Å². The van der Waals surface area contributed by atoms with E-state index in [0.29, 0.717) is 18.4 Å². The average molecular weight is 289 g/mol. The fourth-order valence-electron chi connectivity index (χ4n) is 2.40. The van der Waals surface area contributed by atoms with Gasteiger partial charge < -0.3 is 10.2 Å². The number of likely N-dealkylation sites (tertiary alicyclic amines) is 1. The van der Waals surface area contributed by atoms with Gasteiger partial charge in [-0.2, -0.15) is 0 Å². The summed E-state index contributed by atoms with van der Waals surface area (Å²) in [5.74, 6) is 0.316. The zero-order valence-corrected chi connectivity index (χ0v) is 12.4. The molecule has 5 heteroatoms. The van der Waals surface area contributed by atoms with Gasteiger partial charge in [-0.15, -0.1) is 23.7 Å². The number of hydrogen-bond donors (Lipinski definition) is 1. The number of nitrogens with one attached hydrogen (secondary N) is 1. The second-order valence-electron chi connectivity index (χ2n) is 4.47. The maximum absolute atomic E-state index is 12.1. The van der Waals surface area contributed by atoms with Crippen LogP contribution in [0.15, 0.2) is 17.5 Å². The van der Waals surface area contributed by atoms with Crippen molar-refractivity contribution in [2.45, 2.75) is 31.7 Å². The Hall–Kier alpha value is -0.580. The molecule has 0 radical (unpaired) electrons. The van der Waals surface area contributed by atoms with E-state index < -0.39 is 0 Å². The molecule has 0 aliphatic carbocycles. The fraction of sp³-hybridized carbons (Fsp3) is 0.615. The Morgan fingerprint density at radius 2 is 2.44 bits per heavy atom. The van der Waals surface area contributed by atoms with Crippen LogP contribution in [0.25, 0.3) is 0 Å². The van der Waals surface area contributed by atoms with Crippen molar-refractivity contribution in [2.24, 2.45) is 0 Å². The zero-order chi connectivity index (χ0) is 12.1. The largest absolute Gasteiger partial charge is 0.335 e. The summed E-state index contributed by atoms with van der Waals surface area (Å²) in [6.07, 6.45) is 3.87. The molecule has 1 atom stereocenters. The van der Waals surface area contributed by atoms with Crippen molar-refractivity contribution in [1.82, 2.24) is 10.2 Å². The summed E-state index contributed by atoms with van der Waals surface area (Å²) >= 11 is 1.76. The van der Waals surface area contributed by atoms with Crippen molar-refractivity contribution < 1.29 is 4.79 Å². The molecule has 1 aromatic rings. The first kappa shape index (κ1) is 15.5. The Labute approximate surface area is 119 Å². The molecule has 0 aromatic carbocycles. The van der Waals surface area contributed by atoms with Crippen molar-refractivity contribution in [1.29, 1.82) is 0 Å². The molecule has 1 saturated heterocycles. The number of carbonyl (C=O) groups is 1. The zero-order valence-electron chi connectivity index (χ0n) is 10.7. The Morgan fingerprint density at radius 1 is 1.61 bits per heavy atom. The van der Waals surface area contributed by atoms with Crippen LogP contribution in [0.4, 0.5) is 0 Å². The van der Waals surface area contributed by atoms with E-state index in [4.69, 9.17) is 0 Å². The molecule has 3 nitrogen and oxygen atoms in total. The molecule has 1 N–H and O–H groups in total. The van der Waals surface area contributed by atoms with Gasteiger partial charge in [-0.3, -0.25) is 4.79 Å². The molecule has 1 aliphatic heterocycles. The summed E-state index contributed by atoms with van der Waals surface area (Å²) in [7, 11) is 1.93. The monoisotopic (exact) mass is 288 g/mol. The maximum atomic E-state index is 12.1. The van der Waals surface area contributed by atoms with E-state index in [0.717, 1.165) is 32.4 Å². The molecule has 102 valence electrons. The fourth-order valence-corrected chi connectivity index (χ4v) is 3.28. The van der Waals surface area contributed by atoms with Crippen molar-refractivity contribution in [3.8, 4) is 0 Å². The van der Waals surface area contributed by atoms with Crippen LogP contribution < -0.4 is 5.32 Å². The summed E-state index contributed by atoms with van der Waals surface area (Å²) < 4.78 is 0. The van der Waals surface area contributed by atoms with Crippen LogP contribution in [0.1, 0.15) is 36.6 Å². The highest BCUT2D eigenvalue weighted by atomic mass is 35.5. The molecule has 2 rings (SSSR count). The number of rotatable bonds is 5. The molecule has 2 heterocycles. The van der Waals surface area contributed by atoms with Gasteiger partial charge in [0.1, 0.15) is 0 Å². The van der Waals surface area contributed by atoms with Crippen molar-refractivity contribution in [3.05, 3.63) is 22.4 Å². The first-order valence-corrected chi connectivity index (χ1v) is 7.18. The summed E-state index contributed by atoms with van der Waals surface area (Å²) in [6, 6.07) is 4.56. The third-order valence-corrected chi connectivity index (χ3v) is 4.24. The van der Waals surface area contributed by atoms with Gasteiger partial charge in [0.2, 0.25) is 5.91 Å². The number of amides is 1. The third-order valence-electron chi connectivity index (χ3n) is 3.26. The summed E-state index contributed by atoms with van der Waals surface area (Å²) in [4.78, 5) is 15.5. The van der Waals surface area contributed by atoms with E-state index in [2.05, 4.69) is 27.7 Å². The quantitative estimate of drug-likeness (QED) is 0.845. The maximum Gasteiger partial charge on any atom is 0.223 e. The molecule has 0 spiro atoms. The number of halogens is 1. The second kappa shape index (κ2) is 7.77. The molecule has 1 fully saturated rings. The molecule has 1 aliphatic rings. The van der Waals surface area contributed by atoms with Gasteiger partial charge >= 0.3 is 0 Å². The molecule has 1 aromatic heterocycles. The number of hydrogen-bond acceptors (Lipinski definition) is 3. The highest BCUT2D eigenvalue weighted by molar-refractivity contribution is 7.10. The molecular weight excluding hydrogens is 268 g/mol. The van der Waals surface area contributed by atoms with Gasteiger partial charge in [0.15, 0.2) is 0 Å². The summed E-state index contributed by atoms with van der Waals surface area (Å²) in [5, 5.41) is 5.18. The average Bonchev–Trinajstić information content (AvgIpc) is 2.99. The van der Waals surface area contributed by atoms with E-state index in [9.17, 15) is 4.79 Å². The van der Waals surface area contributed by atoms with Crippen molar-refractivity contribution in [3.63, 3.8) is 0 Å². The van der Waals surface area contributed by atoms with Gasteiger partial charge in [-0.1, -0.05) is 6.07 Å². The van der Waals surface area contributed by atoms with Crippen LogP contribution in [-0.2, 0) is 4.79 Å². The smallest absolute Gasteiger partial charge is 0.223 e. The summed E-state index contributed by atoms with van der Waals surface area (Å²) in [6.45, 7) is 1.85. The van der Waals surface area contributed by atoms with Crippen molar-refractivity contribution in [2.75, 3.05) is 20.1 Å². The number of carbonyl (C=O) groups excluding carboxylic acids is 1. The molecular formula is C13H21ClN2OS. The van der Waals surface area contributed by atoms with E-state index >= 15 is 0 Å². The molecule has 1 unspecified atom stereocenters. The van der Waals surface area contributed by atoms with E-state index in [1.165, 1.54) is 4.88 Å². The normalized spacial score (nSPS) is 18.7. The minimum absolute atomic E-state index is 0. The molecule has 0 saturated carbocycles. The van der Waals surface area contributed by atoms with Crippen molar-refractivity contribution >= 4 is 29.7 Å². The predicted octanol–water partition coefficient (Wildman–Crippen LogP) is 2.83. The SMILES string of the molecule is CNCCCC(=O)N1CCCC1c1cccs1.Cl. The Morgan fingerprint density at radius 3 is 3.11 bits per heavy atom. The Kier molecular flexibility index (Phi) is 6.68. The highest BCUT2D eigenvalue weighted by Crippen LogP contribution is 2.34. The predicted molar refractivity (Wildman–Crippen MR) is 78.4 cm³/mol. The minimum Gasteiger partial charge on any atom is -0.335 e. The van der Waals surface area contributed by atoms with E-state index in [1.54, 1.807) is 11.3 Å². The van der Waals surface area contributed by atoms with Gasteiger partial charge in [-0.25, -0.2) is 0 Å². The van der Waals surface area contributed by atoms with Gasteiger partial charge in [-0.05, 0) is 44.3 Å². The minimum atomic E-state index is 0. The molecule has 18 heavy (non-hydrogen) atoms. The molecule has 0 bridgehead atoms. The van der Waals surface area contributed by atoms with E-state index in [1.807, 2.05) is 7.05 Å². The van der Waals surface area contributed by atoms with Crippen LogP contribution in [0, 0.1) is 0 Å². The van der Waals surface area contributed by atoms with Crippen LogP contribution in [0.3, 0.4) is 0 Å². The lowest BCUT2D eigenvalue weighted by atomic mass is 10.1. The Bertz CT molecular complexity index is 356. The number of nitrogens with zero attached hydrogens (tertiary/aromatic N) is 1. The first-order valence-electron chi connectivity index (χ1n) is 6.30. The van der Waals surface area contributed by atoms with Gasteiger partial charge in [0.05, 0.1) is 6.04 Å². The topological polar surface area (TPSA) is 32.3 Å². The lowest BCUT2D eigenvalue weighted by Crippen LogP contribution is -2.30. The second-order valence-corrected chi connectivity index (χ2v) is 5.45. The van der Waals surface area contributed by atoms with Crippen LogP contribution in [-0.4, -0.2) is 30.9 Å². The lowest BCUT2D eigenvalue weighted by Gasteiger charge is -2.24. The van der Waals surface area contributed by atoms with Crippen LogP contribution >= 0.6 is 23.7 Å². The van der Waals surface area contributed by atoms with Crippen LogP contribution in [0.2, 0.25) is 0 Å². The standard InChI is InChI=1S/C13H20N2OS.ClH/c1-14-8-2-7-13(16)15-9-3-5-11(15)12-6-4-10-17-12;/h4,6,10-11,14H,2-3,5,7-9H2,1H3;1H. The molecule has 1 amide bonds. The lowest BCUT2D eigenvalue weighted by molar-refractivity contribution is -0.132. The highest BCUT2D eigenvalue weighted by Gasteiger charge is 2.29. The summed E-state index contributed by atoms with van der Waals surface area (Å²) in [5.41, 5.74) is 0. The van der Waals surface area contributed by atoms with E-state index in [-0.39, 0.29) is 12.4 Å². The Balaban J connectivity index is 0.00000162. The van der Waals surface area contributed by atoms with Gasteiger partial charge in [0.25, 0.3) is 0 Å².